The monoisotopic (exact) mass is 267 g/mol. The summed E-state index contributed by atoms with van der Waals surface area (Å²) in [6.45, 7) is 7.33. The zero-order chi connectivity index (χ0) is 13.9. The zero-order valence-corrected chi connectivity index (χ0v) is 12.2. The van der Waals surface area contributed by atoms with Crippen LogP contribution in [0, 0.1) is 13.8 Å². The summed E-state index contributed by atoms with van der Waals surface area (Å²) in [6, 6.07) is 12.7. The van der Waals surface area contributed by atoms with Crippen molar-refractivity contribution in [2.24, 2.45) is 0 Å². The summed E-state index contributed by atoms with van der Waals surface area (Å²) in [5.41, 5.74) is 3.54. The number of hydrogen-bond acceptors (Lipinski definition) is 3. The second-order valence-corrected chi connectivity index (χ2v) is 5.72. The van der Waals surface area contributed by atoms with E-state index in [4.69, 9.17) is 0 Å². The van der Waals surface area contributed by atoms with Crippen LogP contribution in [0.2, 0.25) is 0 Å². The molecule has 3 heteroatoms. The first kappa shape index (κ1) is 13.3. The molecule has 20 heavy (non-hydrogen) atoms. The lowest BCUT2D eigenvalue weighted by atomic mass is 10.1. The van der Waals surface area contributed by atoms with E-state index in [9.17, 15) is 0 Å². The normalized spacial score (nSPS) is 19.4. The van der Waals surface area contributed by atoms with Crippen molar-refractivity contribution in [3.8, 4) is 0 Å². The molecule has 0 spiro atoms. The van der Waals surface area contributed by atoms with E-state index in [1.165, 1.54) is 5.56 Å². The number of benzene rings is 1. The maximum atomic E-state index is 4.62. The van der Waals surface area contributed by atoms with Crippen molar-refractivity contribution >= 4 is 0 Å². The van der Waals surface area contributed by atoms with E-state index < -0.39 is 0 Å². The van der Waals surface area contributed by atoms with Crippen molar-refractivity contribution in [3.63, 3.8) is 0 Å². The predicted octanol–water partition coefficient (Wildman–Crippen LogP) is 3.08. The third kappa shape index (κ3) is 3.05. The molecule has 2 heterocycles. The predicted molar refractivity (Wildman–Crippen MR) is 80.6 cm³/mol. The van der Waals surface area contributed by atoms with Crippen molar-refractivity contribution in [2.45, 2.75) is 32.7 Å². The average Bonchev–Trinajstić information content (AvgIpc) is 2.87. The quantitative estimate of drug-likeness (QED) is 0.855. The van der Waals surface area contributed by atoms with Gasteiger partial charge in [0.15, 0.2) is 0 Å². The first-order chi connectivity index (χ1) is 9.70. The highest BCUT2D eigenvalue weighted by molar-refractivity contribution is 5.16. The van der Waals surface area contributed by atoms with Crippen molar-refractivity contribution < 1.29 is 0 Å². The number of aromatic nitrogens is 2. The highest BCUT2D eigenvalue weighted by atomic mass is 15.2. The van der Waals surface area contributed by atoms with Crippen molar-refractivity contribution in [2.75, 3.05) is 13.1 Å². The van der Waals surface area contributed by atoms with Crippen LogP contribution in [0.1, 0.15) is 35.1 Å². The number of nitrogens with zero attached hydrogens (tertiary/aromatic N) is 3. The lowest BCUT2D eigenvalue weighted by Crippen LogP contribution is -2.20. The Morgan fingerprint density at radius 1 is 1.10 bits per heavy atom. The van der Waals surface area contributed by atoms with Crippen LogP contribution in [0.4, 0.5) is 0 Å². The van der Waals surface area contributed by atoms with Crippen LogP contribution in [-0.4, -0.2) is 28.0 Å². The van der Waals surface area contributed by atoms with Gasteiger partial charge in [-0.3, -0.25) is 4.90 Å². The number of hydrogen-bond donors (Lipinski definition) is 0. The SMILES string of the molecule is Cc1cc(C)nc([C@@H]2CCN(Cc3ccccc3)C2)n1. The molecule has 104 valence electrons. The zero-order valence-electron chi connectivity index (χ0n) is 12.2. The largest absolute Gasteiger partial charge is 0.298 e. The fraction of sp³-hybridized carbons (Fsp3) is 0.412. The van der Waals surface area contributed by atoms with Crippen LogP contribution in [0.3, 0.4) is 0 Å². The summed E-state index contributed by atoms with van der Waals surface area (Å²) >= 11 is 0. The summed E-state index contributed by atoms with van der Waals surface area (Å²) in [4.78, 5) is 11.7. The van der Waals surface area contributed by atoms with E-state index in [2.05, 4.69) is 59.0 Å². The van der Waals surface area contributed by atoms with Crippen LogP contribution < -0.4 is 0 Å². The van der Waals surface area contributed by atoms with Crippen molar-refractivity contribution in [1.29, 1.82) is 0 Å². The van der Waals surface area contributed by atoms with Gasteiger partial charge in [-0.05, 0) is 38.4 Å². The summed E-state index contributed by atoms with van der Waals surface area (Å²) in [5, 5.41) is 0. The lowest BCUT2D eigenvalue weighted by molar-refractivity contribution is 0.325. The van der Waals surface area contributed by atoms with Gasteiger partial charge >= 0.3 is 0 Å². The number of likely N-dealkylation sites (tertiary alicyclic amines) is 1. The molecule has 0 saturated carbocycles. The minimum absolute atomic E-state index is 0.484. The fourth-order valence-electron chi connectivity index (χ4n) is 2.96. The smallest absolute Gasteiger partial charge is 0.133 e. The molecule has 2 aromatic rings. The molecule has 1 fully saturated rings. The van der Waals surface area contributed by atoms with Gasteiger partial charge in [0, 0.05) is 30.4 Å². The van der Waals surface area contributed by atoms with Crippen LogP contribution in [0.5, 0.6) is 0 Å². The molecule has 1 aromatic heterocycles. The van der Waals surface area contributed by atoms with Gasteiger partial charge in [0.1, 0.15) is 5.82 Å². The Balaban J connectivity index is 1.67. The first-order valence-electron chi connectivity index (χ1n) is 7.29. The van der Waals surface area contributed by atoms with E-state index in [-0.39, 0.29) is 0 Å². The Hall–Kier alpha value is -1.74. The van der Waals surface area contributed by atoms with E-state index in [0.717, 1.165) is 43.3 Å². The molecule has 1 saturated heterocycles. The molecule has 1 aliphatic heterocycles. The van der Waals surface area contributed by atoms with E-state index in [0.29, 0.717) is 5.92 Å². The fourth-order valence-corrected chi connectivity index (χ4v) is 2.96. The van der Waals surface area contributed by atoms with E-state index in [1.807, 2.05) is 6.07 Å². The van der Waals surface area contributed by atoms with Crippen LogP contribution in [0.25, 0.3) is 0 Å². The highest BCUT2D eigenvalue weighted by Crippen LogP contribution is 2.26. The highest BCUT2D eigenvalue weighted by Gasteiger charge is 2.26. The van der Waals surface area contributed by atoms with Gasteiger partial charge in [-0.2, -0.15) is 0 Å². The molecule has 1 aromatic carbocycles. The lowest BCUT2D eigenvalue weighted by Gasteiger charge is -2.16. The van der Waals surface area contributed by atoms with Gasteiger partial charge < -0.3 is 0 Å². The minimum Gasteiger partial charge on any atom is -0.298 e. The molecule has 0 aliphatic carbocycles. The molecule has 0 radical (unpaired) electrons. The molecule has 0 unspecified atom stereocenters. The molecule has 1 aliphatic rings. The standard InChI is InChI=1S/C17H21N3/c1-13-10-14(2)19-17(18-13)16-8-9-20(12-16)11-15-6-4-3-5-7-15/h3-7,10,16H,8-9,11-12H2,1-2H3/t16-/m1/s1. The molecule has 0 N–H and O–H groups in total. The van der Waals surface area contributed by atoms with E-state index >= 15 is 0 Å². The summed E-state index contributed by atoms with van der Waals surface area (Å²) in [5.74, 6) is 1.51. The number of aryl methyl sites for hydroxylation is 2. The van der Waals surface area contributed by atoms with Gasteiger partial charge in [-0.1, -0.05) is 30.3 Å². The molecule has 1 atom stereocenters. The Kier molecular flexibility index (Phi) is 3.79. The Morgan fingerprint density at radius 3 is 2.50 bits per heavy atom. The maximum absolute atomic E-state index is 4.62. The Bertz CT molecular complexity index is 560. The Morgan fingerprint density at radius 2 is 1.80 bits per heavy atom. The first-order valence-corrected chi connectivity index (χ1v) is 7.29. The van der Waals surface area contributed by atoms with Crippen LogP contribution >= 0.6 is 0 Å². The van der Waals surface area contributed by atoms with Crippen molar-refractivity contribution in [3.05, 3.63) is 59.2 Å². The average molecular weight is 267 g/mol. The molecule has 3 nitrogen and oxygen atoms in total. The Labute approximate surface area is 120 Å². The van der Waals surface area contributed by atoms with Crippen LogP contribution in [-0.2, 0) is 6.54 Å². The second kappa shape index (κ2) is 5.71. The summed E-state index contributed by atoms with van der Waals surface area (Å²) < 4.78 is 0. The van der Waals surface area contributed by atoms with Crippen molar-refractivity contribution in [1.82, 2.24) is 14.9 Å². The topological polar surface area (TPSA) is 29.0 Å². The van der Waals surface area contributed by atoms with Crippen LogP contribution in [0.15, 0.2) is 36.4 Å². The van der Waals surface area contributed by atoms with E-state index in [1.54, 1.807) is 0 Å². The third-order valence-electron chi connectivity index (χ3n) is 3.89. The second-order valence-electron chi connectivity index (χ2n) is 5.72. The molecule has 0 amide bonds. The van der Waals surface area contributed by atoms with Gasteiger partial charge in [0.25, 0.3) is 0 Å². The third-order valence-corrected chi connectivity index (χ3v) is 3.89. The minimum atomic E-state index is 0.484. The summed E-state index contributed by atoms with van der Waals surface area (Å²) in [6.07, 6.45) is 1.16. The molecule has 0 bridgehead atoms. The van der Waals surface area contributed by atoms with Gasteiger partial charge in [0.05, 0.1) is 0 Å². The summed E-state index contributed by atoms with van der Waals surface area (Å²) in [7, 11) is 0. The number of rotatable bonds is 3. The van der Waals surface area contributed by atoms with Gasteiger partial charge in [-0.25, -0.2) is 9.97 Å². The molecular weight excluding hydrogens is 246 g/mol. The maximum Gasteiger partial charge on any atom is 0.133 e. The van der Waals surface area contributed by atoms with Gasteiger partial charge in [-0.15, -0.1) is 0 Å². The molecular formula is C17H21N3. The van der Waals surface area contributed by atoms with Gasteiger partial charge in [0.2, 0.25) is 0 Å². The molecule has 3 rings (SSSR count).